The maximum absolute atomic E-state index is 12.3. The summed E-state index contributed by atoms with van der Waals surface area (Å²) < 4.78 is 8.57. The molecule has 2 aromatic rings. The van der Waals surface area contributed by atoms with E-state index in [2.05, 4.69) is 9.47 Å². The van der Waals surface area contributed by atoms with Gasteiger partial charge in [-0.15, -0.1) is 0 Å². The number of esters is 1. The Morgan fingerprint density at radius 2 is 1.39 bits per heavy atom. The first-order chi connectivity index (χ1) is 13.4. The molecule has 1 aliphatic carbocycles. The van der Waals surface area contributed by atoms with E-state index >= 15 is 0 Å². The molecule has 0 aromatic heterocycles. The molecule has 0 fully saturated rings. The second-order valence-corrected chi connectivity index (χ2v) is 6.34. The second kappa shape index (κ2) is 7.91. The Morgan fingerprint density at radius 1 is 0.893 bits per heavy atom. The molecule has 144 valence electrons. The summed E-state index contributed by atoms with van der Waals surface area (Å²) in [5, 5.41) is 25.0. The lowest BCUT2D eigenvalue weighted by atomic mass is 9.85. The van der Waals surface area contributed by atoms with E-state index in [0.29, 0.717) is 0 Å². The van der Waals surface area contributed by atoms with Crippen LogP contribution in [0.4, 0.5) is 9.59 Å². The molecule has 0 aliphatic heterocycles. The molecule has 0 saturated heterocycles. The van der Waals surface area contributed by atoms with Crippen molar-refractivity contribution in [1.82, 2.24) is 0 Å². The summed E-state index contributed by atoms with van der Waals surface area (Å²) in [5.41, 5.74) is 3.99. The molecule has 0 radical (unpaired) electrons. The van der Waals surface area contributed by atoms with Gasteiger partial charge in [0.05, 0.1) is 5.92 Å². The molecule has 0 heterocycles. The highest BCUT2D eigenvalue weighted by atomic mass is 16.7. The Bertz CT molecular complexity index is 908. The minimum Gasteiger partial charge on any atom is -0.449 e. The van der Waals surface area contributed by atoms with E-state index in [4.69, 9.17) is 15.6 Å². The van der Waals surface area contributed by atoms with Gasteiger partial charge in [-0.1, -0.05) is 48.5 Å². The molecule has 8 nitrogen and oxygen atoms in total. The summed E-state index contributed by atoms with van der Waals surface area (Å²) in [7, 11) is 0. The Hall–Kier alpha value is -3.68. The van der Waals surface area contributed by atoms with Gasteiger partial charge in [-0.3, -0.25) is 10.2 Å². The van der Waals surface area contributed by atoms with Crippen LogP contribution in [0.3, 0.4) is 0 Å². The number of rotatable bonds is 5. The lowest BCUT2D eigenvalue weighted by Gasteiger charge is -2.20. The summed E-state index contributed by atoms with van der Waals surface area (Å²) in [5.74, 6) is -2.99. The number of fused-ring (bicyclic) bond motifs is 3. The van der Waals surface area contributed by atoms with Gasteiger partial charge >= 0.3 is 18.3 Å². The topological polar surface area (TPSA) is 134 Å². The van der Waals surface area contributed by atoms with Gasteiger partial charge in [0, 0.05) is 12.3 Å². The molecule has 2 aromatic carbocycles. The number of carbonyl (C=O) groups excluding carboxylic acids is 1. The number of hydrogen-bond donors (Lipinski definition) is 3. The van der Waals surface area contributed by atoms with Crippen LogP contribution in [-0.2, 0) is 14.3 Å². The van der Waals surface area contributed by atoms with E-state index in [1.54, 1.807) is 0 Å². The number of nitrogens with one attached hydrogen (secondary N) is 1. The Morgan fingerprint density at radius 3 is 1.89 bits per heavy atom. The fourth-order valence-corrected chi connectivity index (χ4v) is 3.60. The van der Waals surface area contributed by atoms with Gasteiger partial charge in [0.1, 0.15) is 0 Å². The normalized spacial score (nSPS) is 13.1. The SMILES string of the molecule is N=C(CC(CC1c2ccccc2-c2ccccc21)C(=O)OC(=O)O)OC(=O)O. The average Bonchev–Trinajstić information content (AvgIpc) is 2.94. The molecule has 1 unspecified atom stereocenters. The number of benzene rings is 2. The summed E-state index contributed by atoms with van der Waals surface area (Å²) in [6.45, 7) is 0. The van der Waals surface area contributed by atoms with Crippen LogP contribution in [0.2, 0.25) is 0 Å². The number of ether oxygens (including phenoxy) is 2. The first-order valence-corrected chi connectivity index (χ1v) is 8.48. The van der Waals surface area contributed by atoms with Crippen molar-refractivity contribution >= 4 is 24.2 Å². The molecule has 0 amide bonds. The van der Waals surface area contributed by atoms with E-state index < -0.39 is 30.1 Å². The summed E-state index contributed by atoms with van der Waals surface area (Å²) in [6, 6.07) is 15.4. The van der Waals surface area contributed by atoms with E-state index in [1.807, 2.05) is 48.5 Å². The van der Waals surface area contributed by atoms with Crippen molar-refractivity contribution in [2.24, 2.45) is 5.92 Å². The van der Waals surface area contributed by atoms with Crippen LogP contribution in [0.5, 0.6) is 0 Å². The van der Waals surface area contributed by atoms with Crippen LogP contribution in [0.25, 0.3) is 11.1 Å². The fraction of sp³-hybridized carbons (Fsp3) is 0.200. The second-order valence-electron chi connectivity index (χ2n) is 6.34. The zero-order valence-electron chi connectivity index (χ0n) is 14.6. The number of hydrogen-bond acceptors (Lipinski definition) is 6. The Labute approximate surface area is 159 Å². The van der Waals surface area contributed by atoms with Crippen molar-refractivity contribution in [2.45, 2.75) is 18.8 Å². The minimum absolute atomic E-state index is 0.144. The van der Waals surface area contributed by atoms with Crippen LogP contribution in [-0.4, -0.2) is 34.4 Å². The van der Waals surface area contributed by atoms with E-state index in [-0.39, 0.29) is 18.8 Å². The van der Waals surface area contributed by atoms with Crippen molar-refractivity contribution in [3.05, 3.63) is 59.7 Å². The van der Waals surface area contributed by atoms with Gasteiger partial charge in [-0.05, 0) is 28.7 Å². The molecule has 1 aliphatic rings. The highest BCUT2D eigenvalue weighted by molar-refractivity contribution is 5.89. The summed E-state index contributed by atoms with van der Waals surface area (Å²) >= 11 is 0. The molecular weight excluding hydrogens is 366 g/mol. The zero-order valence-corrected chi connectivity index (χ0v) is 14.6. The van der Waals surface area contributed by atoms with Gasteiger partial charge < -0.3 is 19.7 Å². The van der Waals surface area contributed by atoms with Crippen molar-refractivity contribution in [3.63, 3.8) is 0 Å². The van der Waals surface area contributed by atoms with Gasteiger partial charge in [-0.25, -0.2) is 9.59 Å². The van der Waals surface area contributed by atoms with Crippen molar-refractivity contribution < 1.29 is 34.1 Å². The van der Waals surface area contributed by atoms with Crippen LogP contribution in [0, 0.1) is 11.3 Å². The van der Waals surface area contributed by atoms with Crippen LogP contribution in [0.15, 0.2) is 48.5 Å². The largest absolute Gasteiger partial charge is 0.513 e. The molecular formula is C20H17NO7. The molecule has 8 heteroatoms. The highest BCUT2D eigenvalue weighted by Gasteiger charge is 2.34. The molecule has 3 rings (SSSR count). The van der Waals surface area contributed by atoms with Crippen LogP contribution >= 0.6 is 0 Å². The number of carbonyl (C=O) groups is 3. The Kier molecular flexibility index (Phi) is 5.39. The maximum atomic E-state index is 12.3. The van der Waals surface area contributed by atoms with Crippen LogP contribution < -0.4 is 0 Å². The lowest BCUT2D eigenvalue weighted by molar-refractivity contribution is -0.143. The first-order valence-electron chi connectivity index (χ1n) is 8.48. The molecule has 0 saturated carbocycles. The third-order valence-corrected chi connectivity index (χ3v) is 4.65. The predicted octanol–water partition coefficient (Wildman–Crippen LogP) is 4.09. The van der Waals surface area contributed by atoms with Crippen molar-refractivity contribution in [2.75, 3.05) is 0 Å². The predicted molar refractivity (Wildman–Crippen MR) is 97.4 cm³/mol. The molecule has 28 heavy (non-hydrogen) atoms. The van der Waals surface area contributed by atoms with Gasteiger partial charge in [0.25, 0.3) is 0 Å². The lowest BCUT2D eigenvalue weighted by Crippen LogP contribution is -2.26. The minimum atomic E-state index is -1.76. The monoisotopic (exact) mass is 383 g/mol. The first kappa shape index (κ1) is 19.1. The summed E-state index contributed by atoms with van der Waals surface area (Å²) in [6.07, 6.45) is -3.68. The van der Waals surface area contributed by atoms with E-state index in [0.717, 1.165) is 22.3 Å². The fourth-order valence-electron chi connectivity index (χ4n) is 3.60. The zero-order chi connectivity index (χ0) is 20.3. The van der Waals surface area contributed by atoms with Gasteiger partial charge in [0.2, 0.25) is 0 Å². The van der Waals surface area contributed by atoms with E-state index in [1.165, 1.54) is 0 Å². The highest BCUT2D eigenvalue weighted by Crippen LogP contribution is 2.47. The molecule has 3 N–H and O–H groups in total. The molecule has 0 bridgehead atoms. The van der Waals surface area contributed by atoms with Gasteiger partial charge in [0.15, 0.2) is 5.90 Å². The number of carboxylic acid groups (broad SMARTS) is 2. The van der Waals surface area contributed by atoms with Crippen LogP contribution in [0.1, 0.15) is 29.9 Å². The standard InChI is InChI=1S/C20H17NO7/c21-17(27-19(23)24)10-11(18(22)28-20(25)26)9-16-14-7-3-1-5-12(14)13-6-2-4-8-15(13)16/h1-8,11,16,21H,9-10H2,(H,23,24)(H,25,26). The van der Waals surface area contributed by atoms with Gasteiger partial charge in [-0.2, -0.15) is 0 Å². The third-order valence-electron chi connectivity index (χ3n) is 4.65. The van der Waals surface area contributed by atoms with Crippen molar-refractivity contribution in [3.8, 4) is 11.1 Å². The quantitative estimate of drug-likeness (QED) is 0.306. The average molecular weight is 383 g/mol. The smallest absolute Gasteiger partial charge is 0.449 e. The molecule has 0 spiro atoms. The third kappa shape index (κ3) is 4.01. The van der Waals surface area contributed by atoms with Crippen molar-refractivity contribution in [1.29, 1.82) is 5.41 Å². The maximum Gasteiger partial charge on any atom is 0.513 e. The Balaban J connectivity index is 1.91. The summed E-state index contributed by atoms with van der Waals surface area (Å²) in [4.78, 5) is 33.7. The molecule has 1 atom stereocenters. The van der Waals surface area contributed by atoms with E-state index in [9.17, 15) is 14.4 Å².